The summed E-state index contributed by atoms with van der Waals surface area (Å²) in [4.78, 5) is 0. The number of hydrogen-bond acceptors (Lipinski definition) is 0. The van der Waals surface area contributed by atoms with Crippen molar-refractivity contribution in [2.75, 3.05) is 0 Å². The van der Waals surface area contributed by atoms with Gasteiger partial charge in [0.05, 0.1) is 0 Å². The van der Waals surface area contributed by atoms with Crippen LogP contribution in [0.25, 0.3) is 0 Å². The van der Waals surface area contributed by atoms with Crippen LogP contribution in [-0.4, -0.2) is 14.6 Å². The average Bonchev–Trinajstić information content (AvgIpc) is 1.63. The van der Waals surface area contributed by atoms with E-state index in [-0.39, 0.29) is 0 Å². The first-order valence-electron chi connectivity index (χ1n) is 3.79. The summed E-state index contributed by atoms with van der Waals surface area (Å²) in [6.07, 6.45) is 1.16. The molecule has 0 bridgehead atoms. The van der Waals surface area contributed by atoms with Crippen LogP contribution in [0.3, 0.4) is 0 Å². The topological polar surface area (TPSA) is 0 Å². The lowest BCUT2D eigenvalue weighted by atomic mass is 9.46. The highest BCUT2D eigenvalue weighted by molar-refractivity contribution is 6.57. The van der Waals surface area contributed by atoms with Gasteiger partial charge in [-0.05, 0) is 0 Å². The fourth-order valence-electron chi connectivity index (χ4n) is 0.623. The summed E-state index contributed by atoms with van der Waals surface area (Å²) in [6, 6.07) is 0. The van der Waals surface area contributed by atoms with Gasteiger partial charge in [-0.15, -0.1) is 6.22 Å². The Kier molecular flexibility index (Phi) is 5.03. The molecule has 0 rings (SSSR count). The van der Waals surface area contributed by atoms with Crippen LogP contribution in [0.4, 0.5) is 0 Å². The van der Waals surface area contributed by atoms with Gasteiger partial charge in [-0.1, -0.05) is 39.3 Å². The van der Waals surface area contributed by atoms with Crippen molar-refractivity contribution in [3.63, 3.8) is 0 Å². The van der Waals surface area contributed by atoms with Crippen LogP contribution in [0.15, 0.2) is 0 Å². The maximum absolute atomic E-state index is 2.33. The smallest absolute Gasteiger partial charge is 0.104 e. The molecular weight excluding hydrogens is 106 g/mol. The Morgan fingerprint density at radius 3 is 1.44 bits per heavy atom. The highest BCUT2D eigenvalue weighted by atomic mass is 13.7. The minimum absolute atomic E-state index is 0.736. The second kappa shape index (κ2) is 4.96. The molecule has 0 aliphatic carbocycles. The van der Waals surface area contributed by atoms with E-state index < -0.39 is 0 Å². The van der Waals surface area contributed by atoms with Crippen LogP contribution >= 0.6 is 0 Å². The van der Waals surface area contributed by atoms with E-state index in [1.54, 1.807) is 0 Å². The SMILES string of the molecule is CC(C)[B]C[B]C(C)C. The van der Waals surface area contributed by atoms with Crippen LogP contribution in [0.5, 0.6) is 0 Å². The maximum atomic E-state index is 2.33. The Bertz CT molecular complexity index is 51.9. The fourth-order valence-corrected chi connectivity index (χ4v) is 0.623. The van der Waals surface area contributed by atoms with Crippen LogP contribution in [0.2, 0.25) is 17.9 Å². The van der Waals surface area contributed by atoms with Gasteiger partial charge in [0.15, 0.2) is 0 Å². The lowest BCUT2D eigenvalue weighted by molar-refractivity contribution is 1.04. The molecule has 0 saturated carbocycles. The molecule has 0 saturated heterocycles. The van der Waals surface area contributed by atoms with Crippen molar-refractivity contribution in [1.82, 2.24) is 0 Å². The third kappa shape index (κ3) is 8.13. The van der Waals surface area contributed by atoms with Crippen molar-refractivity contribution in [1.29, 1.82) is 0 Å². The third-order valence-electron chi connectivity index (χ3n) is 1.21. The highest BCUT2D eigenvalue weighted by Gasteiger charge is 1.99. The van der Waals surface area contributed by atoms with Gasteiger partial charge in [0, 0.05) is 0 Å². The third-order valence-corrected chi connectivity index (χ3v) is 1.21. The molecule has 0 aromatic rings. The van der Waals surface area contributed by atoms with Gasteiger partial charge in [-0.25, -0.2) is 0 Å². The van der Waals surface area contributed by atoms with Crippen LogP contribution in [0.1, 0.15) is 27.7 Å². The predicted molar refractivity (Wildman–Crippen MR) is 46.5 cm³/mol. The van der Waals surface area contributed by atoms with E-state index in [1.807, 2.05) is 0 Å². The largest absolute Gasteiger partial charge is 0.106 e. The summed E-state index contributed by atoms with van der Waals surface area (Å²) in [5, 5.41) is 0. The lowest BCUT2D eigenvalue weighted by Gasteiger charge is -2.02. The van der Waals surface area contributed by atoms with Gasteiger partial charge in [-0.3, -0.25) is 0 Å². The van der Waals surface area contributed by atoms with Crippen LogP contribution in [-0.2, 0) is 0 Å². The van der Waals surface area contributed by atoms with E-state index >= 15 is 0 Å². The van der Waals surface area contributed by atoms with Crippen molar-refractivity contribution < 1.29 is 0 Å². The molecule has 0 spiro atoms. The molecule has 0 amide bonds. The molecule has 0 aromatic carbocycles. The van der Waals surface area contributed by atoms with Gasteiger partial charge in [0.1, 0.15) is 14.6 Å². The van der Waals surface area contributed by atoms with Crippen molar-refractivity contribution >= 4 is 14.6 Å². The molecule has 0 fully saturated rings. The molecule has 0 N–H and O–H groups in total. The zero-order valence-corrected chi connectivity index (χ0v) is 7.02. The van der Waals surface area contributed by atoms with Crippen molar-refractivity contribution in [2.24, 2.45) is 0 Å². The van der Waals surface area contributed by atoms with Gasteiger partial charge >= 0.3 is 0 Å². The standard InChI is InChI=1S/C7H16B2/c1-6(2)8-5-9-7(3)4/h6-7H,5H2,1-4H3. The zero-order valence-electron chi connectivity index (χ0n) is 7.02. The molecule has 0 aliphatic rings. The highest BCUT2D eigenvalue weighted by Crippen LogP contribution is 2.04. The second-order valence-electron chi connectivity index (χ2n) is 3.20. The minimum atomic E-state index is 0.736. The molecule has 50 valence electrons. The molecule has 0 atom stereocenters. The molecule has 2 heteroatoms. The molecule has 9 heavy (non-hydrogen) atoms. The normalized spacial score (nSPS) is 10.4. The van der Waals surface area contributed by atoms with Gasteiger partial charge in [0.25, 0.3) is 0 Å². The Hall–Kier alpha value is 0.130. The molecule has 2 radical (unpaired) electrons. The summed E-state index contributed by atoms with van der Waals surface area (Å²) in [6.45, 7) is 8.87. The van der Waals surface area contributed by atoms with E-state index in [0.29, 0.717) is 0 Å². The van der Waals surface area contributed by atoms with Crippen molar-refractivity contribution in [3.8, 4) is 0 Å². The van der Waals surface area contributed by atoms with E-state index in [4.69, 9.17) is 0 Å². The summed E-state index contributed by atoms with van der Waals surface area (Å²) >= 11 is 0. The monoisotopic (exact) mass is 122 g/mol. The number of hydrogen-bond donors (Lipinski definition) is 0. The van der Waals surface area contributed by atoms with Crippen molar-refractivity contribution in [2.45, 2.75) is 45.5 Å². The maximum Gasteiger partial charge on any atom is 0.104 e. The Balaban J connectivity index is 2.91. The van der Waals surface area contributed by atoms with Crippen LogP contribution in [0, 0.1) is 0 Å². The zero-order chi connectivity index (χ0) is 7.28. The molecular formula is C7H16B2. The average molecular weight is 122 g/mol. The molecule has 0 nitrogen and oxygen atoms in total. The minimum Gasteiger partial charge on any atom is -0.106 e. The lowest BCUT2D eigenvalue weighted by Crippen LogP contribution is -2.03. The molecule has 0 aromatic heterocycles. The summed E-state index contributed by atoms with van der Waals surface area (Å²) in [7, 11) is 4.67. The van der Waals surface area contributed by atoms with Gasteiger partial charge < -0.3 is 0 Å². The first kappa shape index (κ1) is 9.13. The van der Waals surface area contributed by atoms with E-state index in [1.165, 1.54) is 0 Å². The van der Waals surface area contributed by atoms with E-state index in [9.17, 15) is 0 Å². The molecule has 0 unspecified atom stereocenters. The first-order valence-corrected chi connectivity index (χ1v) is 3.79. The van der Waals surface area contributed by atoms with E-state index in [2.05, 4.69) is 42.3 Å². The molecule has 0 heterocycles. The summed E-state index contributed by atoms with van der Waals surface area (Å²) in [5.74, 6) is 1.47. The first-order chi connectivity index (χ1) is 4.13. The van der Waals surface area contributed by atoms with Crippen molar-refractivity contribution in [3.05, 3.63) is 0 Å². The Morgan fingerprint density at radius 2 is 1.22 bits per heavy atom. The second-order valence-corrected chi connectivity index (χ2v) is 3.20. The Morgan fingerprint density at radius 1 is 0.889 bits per heavy atom. The summed E-state index contributed by atoms with van der Waals surface area (Å²) < 4.78 is 0. The van der Waals surface area contributed by atoms with E-state index in [0.717, 1.165) is 17.9 Å². The fraction of sp³-hybridized carbons (Fsp3) is 1.00. The number of rotatable bonds is 4. The van der Waals surface area contributed by atoms with Crippen LogP contribution < -0.4 is 0 Å². The Labute approximate surface area is 60.9 Å². The quantitative estimate of drug-likeness (QED) is 0.502. The predicted octanol–water partition coefficient (Wildman–Crippen LogP) is 2.43. The van der Waals surface area contributed by atoms with Gasteiger partial charge in [-0.2, -0.15) is 0 Å². The van der Waals surface area contributed by atoms with Gasteiger partial charge in [0.2, 0.25) is 0 Å². The summed E-state index contributed by atoms with van der Waals surface area (Å²) in [5.41, 5.74) is 0. The molecule has 0 aliphatic heterocycles.